The molecule has 0 aliphatic heterocycles. The lowest BCUT2D eigenvalue weighted by atomic mass is 10.0. The van der Waals surface area contributed by atoms with Crippen molar-refractivity contribution in [1.29, 1.82) is 0 Å². The van der Waals surface area contributed by atoms with E-state index in [-0.39, 0.29) is 22.7 Å². The van der Waals surface area contributed by atoms with Gasteiger partial charge in [-0.25, -0.2) is 0 Å². The molecule has 19 heavy (non-hydrogen) atoms. The van der Waals surface area contributed by atoms with Crippen molar-refractivity contribution in [2.24, 2.45) is 7.05 Å². The summed E-state index contributed by atoms with van der Waals surface area (Å²) in [4.78, 5) is 11.3. The van der Waals surface area contributed by atoms with Crippen molar-refractivity contribution in [2.45, 2.75) is 13.1 Å². The number of carbonyl (C=O) groups is 1. The summed E-state index contributed by atoms with van der Waals surface area (Å²) in [5.74, 6) is -0.245. The summed E-state index contributed by atoms with van der Waals surface area (Å²) in [5.41, 5.74) is -0.381. The first kappa shape index (κ1) is 13.3. The molecule has 1 aromatic heterocycles. The summed E-state index contributed by atoms with van der Waals surface area (Å²) in [7, 11) is 1.52. The van der Waals surface area contributed by atoms with Gasteiger partial charge in [-0.05, 0) is 12.1 Å². The zero-order chi connectivity index (χ0) is 14.2. The molecule has 1 aromatic carbocycles. The standard InChI is InChI=1S/C13H11F3N2O/c1-8(19)12-7-11(17-18(12)2)9-5-3-4-6-10(9)13(14,15)16/h3-7H,1-2H3. The van der Waals surface area contributed by atoms with E-state index in [0.717, 1.165) is 6.07 Å². The largest absolute Gasteiger partial charge is 0.417 e. The monoisotopic (exact) mass is 268 g/mol. The molecule has 0 saturated carbocycles. The van der Waals surface area contributed by atoms with E-state index in [0.29, 0.717) is 0 Å². The maximum absolute atomic E-state index is 12.9. The van der Waals surface area contributed by atoms with Crippen LogP contribution < -0.4 is 0 Å². The minimum absolute atomic E-state index is 0.0295. The first-order chi connectivity index (χ1) is 8.80. The van der Waals surface area contributed by atoms with Crippen LogP contribution in [0, 0.1) is 0 Å². The Bertz CT molecular complexity index is 629. The minimum Gasteiger partial charge on any atom is -0.293 e. The molecule has 3 nitrogen and oxygen atoms in total. The Hall–Kier alpha value is -2.11. The molecule has 0 bridgehead atoms. The van der Waals surface area contributed by atoms with E-state index in [1.807, 2.05) is 0 Å². The van der Waals surface area contributed by atoms with Crippen molar-refractivity contribution in [3.05, 3.63) is 41.6 Å². The molecule has 6 heteroatoms. The third-order valence-corrected chi connectivity index (χ3v) is 2.75. The van der Waals surface area contributed by atoms with Crippen LogP contribution in [0.4, 0.5) is 13.2 Å². The number of carbonyl (C=O) groups excluding carboxylic acids is 1. The number of nitrogens with zero attached hydrogens (tertiary/aromatic N) is 2. The van der Waals surface area contributed by atoms with Crippen LogP contribution in [0.5, 0.6) is 0 Å². The van der Waals surface area contributed by atoms with Crippen LogP contribution in [-0.4, -0.2) is 15.6 Å². The predicted molar refractivity (Wildman–Crippen MR) is 63.7 cm³/mol. The highest BCUT2D eigenvalue weighted by Gasteiger charge is 2.34. The summed E-state index contributed by atoms with van der Waals surface area (Å²) in [6.45, 7) is 1.34. The second-order valence-corrected chi connectivity index (χ2v) is 4.14. The molecule has 1 heterocycles. The second-order valence-electron chi connectivity index (χ2n) is 4.14. The number of aromatic nitrogens is 2. The number of Topliss-reactive ketones (excluding diaryl/α,β-unsaturated/α-hetero) is 1. The van der Waals surface area contributed by atoms with Gasteiger partial charge in [0.1, 0.15) is 5.69 Å². The Labute approximate surface area is 107 Å². The topological polar surface area (TPSA) is 34.9 Å². The lowest BCUT2D eigenvalue weighted by Crippen LogP contribution is -2.07. The molecule has 0 saturated heterocycles. The lowest BCUT2D eigenvalue weighted by molar-refractivity contribution is -0.137. The summed E-state index contributed by atoms with van der Waals surface area (Å²) in [6, 6.07) is 6.53. The molecule has 0 radical (unpaired) electrons. The zero-order valence-electron chi connectivity index (χ0n) is 10.3. The first-order valence-electron chi connectivity index (χ1n) is 5.52. The number of hydrogen-bond donors (Lipinski definition) is 0. The van der Waals surface area contributed by atoms with E-state index in [4.69, 9.17) is 0 Å². The Morgan fingerprint density at radius 3 is 2.42 bits per heavy atom. The second kappa shape index (κ2) is 4.53. The van der Waals surface area contributed by atoms with Gasteiger partial charge in [0.15, 0.2) is 5.78 Å². The van der Waals surface area contributed by atoms with Gasteiger partial charge in [-0.1, -0.05) is 18.2 Å². The van der Waals surface area contributed by atoms with Crippen LogP contribution in [0.1, 0.15) is 23.0 Å². The van der Waals surface area contributed by atoms with Crippen molar-refractivity contribution in [3.8, 4) is 11.3 Å². The van der Waals surface area contributed by atoms with Crippen LogP contribution in [-0.2, 0) is 13.2 Å². The summed E-state index contributed by atoms with van der Waals surface area (Å²) < 4.78 is 40.0. The van der Waals surface area contributed by atoms with Crippen LogP contribution in [0.25, 0.3) is 11.3 Å². The average molecular weight is 268 g/mol. The van der Waals surface area contributed by atoms with E-state index in [2.05, 4.69) is 5.10 Å². The van der Waals surface area contributed by atoms with Gasteiger partial charge in [0.25, 0.3) is 0 Å². The highest BCUT2D eigenvalue weighted by Crippen LogP contribution is 2.36. The van der Waals surface area contributed by atoms with Crippen LogP contribution in [0.15, 0.2) is 30.3 Å². The van der Waals surface area contributed by atoms with Gasteiger partial charge < -0.3 is 0 Å². The molecule has 100 valence electrons. The average Bonchev–Trinajstić information content (AvgIpc) is 2.70. The maximum Gasteiger partial charge on any atom is 0.417 e. The van der Waals surface area contributed by atoms with E-state index in [1.54, 1.807) is 0 Å². The first-order valence-corrected chi connectivity index (χ1v) is 5.52. The maximum atomic E-state index is 12.9. The number of ketones is 1. The zero-order valence-corrected chi connectivity index (χ0v) is 10.3. The third-order valence-electron chi connectivity index (χ3n) is 2.75. The highest BCUT2D eigenvalue weighted by atomic mass is 19.4. The summed E-state index contributed by atoms with van der Waals surface area (Å²) >= 11 is 0. The predicted octanol–water partition coefficient (Wildman–Crippen LogP) is 3.31. The number of aryl methyl sites for hydroxylation is 1. The van der Waals surface area contributed by atoms with Crippen molar-refractivity contribution >= 4 is 5.78 Å². The smallest absolute Gasteiger partial charge is 0.293 e. The Kier molecular flexibility index (Phi) is 3.18. The fourth-order valence-corrected chi connectivity index (χ4v) is 1.88. The Morgan fingerprint density at radius 1 is 1.26 bits per heavy atom. The summed E-state index contributed by atoms with van der Waals surface area (Å²) in [6.07, 6.45) is -4.45. The summed E-state index contributed by atoms with van der Waals surface area (Å²) in [5, 5.41) is 3.97. The van der Waals surface area contributed by atoms with Crippen LogP contribution in [0.3, 0.4) is 0 Å². The van der Waals surface area contributed by atoms with Gasteiger partial charge in [0, 0.05) is 19.5 Å². The lowest BCUT2D eigenvalue weighted by Gasteiger charge is -2.10. The van der Waals surface area contributed by atoms with E-state index in [1.165, 1.54) is 42.9 Å². The number of rotatable bonds is 2. The van der Waals surface area contributed by atoms with Crippen molar-refractivity contribution < 1.29 is 18.0 Å². The van der Waals surface area contributed by atoms with E-state index >= 15 is 0 Å². The minimum atomic E-state index is -4.45. The van der Waals surface area contributed by atoms with Gasteiger partial charge in [-0.15, -0.1) is 0 Å². The number of alkyl halides is 3. The molecule has 0 spiro atoms. The van der Waals surface area contributed by atoms with Crippen LogP contribution >= 0.6 is 0 Å². The number of benzene rings is 1. The molecule has 0 fully saturated rings. The Morgan fingerprint density at radius 2 is 1.89 bits per heavy atom. The normalized spacial score (nSPS) is 11.6. The molecule has 0 aliphatic rings. The quantitative estimate of drug-likeness (QED) is 0.783. The number of halogens is 3. The molecule has 0 amide bonds. The number of hydrogen-bond acceptors (Lipinski definition) is 2. The van der Waals surface area contributed by atoms with E-state index < -0.39 is 11.7 Å². The molecule has 2 rings (SSSR count). The van der Waals surface area contributed by atoms with Crippen molar-refractivity contribution in [1.82, 2.24) is 9.78 Å². The van der Waals surface area contributed by atoms with Gasteiger partial charge in [0.05, 0.1) is 11.3 Å². The molecule has 0 aliphatic carbocycles. The molecule has 0 atom stereocenters. The molecule has 0 unspecified atom stereocenters. The van der Waals surface area contributed by atoms with Crippen LogP contribution in [0.2, 0.25) is 0 Å². The molecular weight excluding hydrogens is 257 g/mol. The van der Waals surface area contributed by atoms with Gasteiger partial charge >= 0.3 is 6.18 Å². The molecular formula is C13H11F3N2O. The third kappa shape index (κ3) is 2.52. The molecule has 2 aromatic rings. The fraction of sp³-hybridized carbons (Fsp3) is 0.231. The molecule has 0 N–H and O–H groups in total. The van der Waals surface area contributed by atoms with E-state index in [9.17, 15) is 18.0 Å². The van der Waals surface area contributed by atoms with Gasteiger partial charge in [0.2, 0.25) is 0 Å². The fourth-order valence-electron chi connectivity index (χ4n) is 1.88. The SMILES string of the molecule is CC(=O)c1cc(-c2ccccc2C(F)(F)F)nn1C. The Balaban J connectivity index is 2.60. The van der Waals surface area contributed by atoms with Crippen molar-refractivity contribution in [2.75, 3.05) is 0 Å². The van der Waals surface area contributed by atoms with Crippen molar-refractivity contribution in [3.63, 3.8) is 0 Å². The highest BCUT2D eigenvalue weighted by molar-refractivity contribution is 5.93. The van der Waals surface area contributed by atoms with Gasteiger partial charge in [-0.3, -0.25) is 9.48 Å². The van der Waals surface area contributed by atoms with Gasteiger partial charge in [-0.2, -0.15) is 18.3 Å².